The molecule has 0 saturated heterocycles. The van der Waals surface area contributed by atoms with Crippen LogP contribution in [-0.4, -0.2) is 10.7 Å². The molecule has 1 N–H and O–H groups in total. The third-order valence-corrected chi connectivity index (χ3v) is 4.83. The number of hydrogen-bond acceptors (Lipinski definition) is 1. The van der Waals surface area contributed by atoms with Gasteiger partial charge >= 0.3 is 0 Å². The SMILES string of the molecule is C[C@H]1[C@@H]2C[C@H](C[C@@]2(C)O)C1(C)C. The van der Waals surface area contributed by atoms with Crippen molar-refractivity contribution < 1.29 is 5.11 Å². The maximum absolute atomic E-state index is 10.1. The summed E-state index contributed by atoms with van der Waals surface area (Å²) in [4.78, 5) is 0. The molecule has 0 aliphatic heterocycles. The second-order valence-corrected chi connectivity index (χ2v) is 5.71. The number of fused-ring (bicyclic) bond motifs is 2. The Balaban J connectivity index is 2.30. The lowest BCUT2D eigenvalue weighted by Gasteiger charge is -2.43. The van der Waals surface area contributed by atoms with E-state index in [1.54, 1.807) is 0 Å². The van der Waals surface area contributed by atoms with Crippen LogP contribution in [0.2, 0.25) is 0 Å². The van der Waals surface area contributed by atoms with Gasteiger partial charge in [-0.3, -0.25) is 0 Å². The minimum atomic E-state index is -0.362. The van der Waals surface area contributed by atoms with Gasteiger partial charge in [0, 0.05) is 0 Å². The van der Waals surface area contributed by atoms with E-state index in [0.29, 0.717) is 17.3 Å². The smallest absolute Gasteiger partial charge is 0.0653 e. The molecular formula is C11H20O. The molecule has 4 atom stereocenters. The van der Waals surface area contributed by atoms with Crippen molar-refractivity contribution >= 4 is 0 Å². The maximum Gasteiger partial charge on any atom is 0.0653 e. The molecular weight excluding hydrogens is 148 g/mol. The van der Waals surface area contributed by atoms with Crippen molar-refractivity contribution in [3.8, 4) is 0 Å². The topological polar surface area (TPSA) is 20.2 Å². The van der Waals surface area contributed by atoms with Crippen LogP contribution in [0.4, 0.5) is 0 Å². The lowest BCUT2D eigenvalue weighted by molar-refractivity contribution is -0.0537. The summed E-state index contributed by atoms with van der Waals surface area (Å²) in [5, 5.41) is 10.1. The summed E-state index contributed by atoms with van der Waals surface area (Å²) in [6.45, 7) is 9.04. The normalized spacial score (nSPS) is 56.2. The van der Waals surface area contributed by atoms with E-state index in [4.69, 9.17) is 0 Å². The first kappa shape index (κ1) is 8.55. The van der Waals surface area contributed by atoms with Gasteiger partial charge in [-0.15, -0.1) is 0 Å². The third kappa shape index (κ3) is 0.834. The summed E-state index contributed by atoms with van der Waals surface area (Å²) in [6, 6.07) is 0. The Morgan fingerprint density at radius 1 is 1.25 bits per heavy atom. The van der Waals surface area contributed by atoms with Crippen LogP contribution < -0.4 is 0 Å². The van der Waals surface area contributed by atoms with Gasteiger partial charge in [0.05, 0.1) is 5.60 Å². The molecule has 0 heterocycles. The first-order chi connectivity index (χ1) is 5.36. The average Bonchev–Trinajstić information content (AvgIpc) is 2.31. The summed E-state index contributed by atoms with van der Waals surface area (Å²) in [5.74, 6) is 2.00. The fourth-order valence-corrected chi connectivity index (χ4v) is 3.49. The Labute approximate surface area is 75.2 Å². The standard InChI is InChI=1S/C11H20O/c1-7-9-5-8(10(7,2)3)6-11(9,4)12/h7-9,12H,5-6H2,1-4H3/t7-,8+,9-,11+/m0/s1. The van der Waals surface area contributed by atoms with Crippen molar-refractivity contribution in [2.75, 3.05) is 0 Å². The lowest BCUT2D eigenvalue weighted by atomic mass is 9.65. The summed E-state index contributed by atoms with van der Waals surface area (Å²) >= 11 is 0. The van der Waals surface area contributed by atoms with Crippen LogP contribution in [0.3, 0.4) is 0 Å². The van der Waals surface area contributed by atoms with Gasteiger partial charge in [-0.05, 0) is 42.9 Å². The minimum absolute atomic E-state index is 0.362. The molecule has 2 aliphatic carbocycles. The first-order valence-corrected chi connectivity index (χ1v) is 5.08. The number of aliphatic hydroxyl groups is 1. The van der Waals surface area contributed by atoms with Gasteiger partial charge in [-0.2, -0.15) is 0 Å². The summed E-state index contributed by atoms with van der Waals surface area (Å²) in [6.07, 6.45) is 2.27. The molecule has 1 heteroatoms. The Bertz CT molecular complexity index is 201. The van der Waals surface area contributed by atoms with Crippen LogP contribution in [0, 0.1) is 23.2 Å². The highest BCUT2D eigenvalue weighted by molar-refractivity contribution is 5.09. The van der Waals surface area contributed by atoms with Gasteiger partial charge in [0.1, 0.15) is 0 Å². The molecule has 0 aromatic carbocycles. The molecule has 70 valence electrons. The van der Waals surface area contributed by atoms with Gasteiger partial charge in [-0.25, -0.2) is 0 Å². The molecule has 2 aliphatic rings. The Hall–Kier alpha value is -0.0400. The van der Waals surface area contributed by atoms with Crippen LogP contribution in [0.5, 0.6) is 0 Å². The highest BCUT2D eigenvalue weighted by Gasteiger charge is 2.59. The molecule has 0 spiro atoms. The van der Waals surface area contributed by atoms with Crippen LogP contribution in [0.1, 0.15) is 40.5 Å². The number of hydrogen-bond donors (Lipinski definition) is 1. The molecule has 0 aromatic rings. The predicted molar refractivity (Wildman–Crippen MR) is 49.8 cm³/mol. The van der Waals surface area contributed by atoms with E-state index < -0.39 is 0 Å². The quantitative estimate of drug-likeness (QED) is 0.589. The summed E-state index contributed by atoms with van der Waals surface area (Å²) in [5.41, 5.74) is 0.104. The molecule has 12 heavy (non-hydrogen) atoms. The van der Waals surface area contributed by atoms with E-state index in [9.17, 15) is 5.11 Å². The average molecular weight is 168 g/mol. The van der Waals surface area contributed by atoms with E-state index >= 15 is 0 Å². The van der Waals surface area contributed by atoms with Crippen LogP contribution in [0.15, 0.2) is 0 Å². The summed E-state index contributed by atoms with van der Waals surface area (Å²) < 4.78 is 0. The Morgan fingerprint density at radius 2 is 1.83 bits per heavy atom. The highest BCUT2D eigenvalue weighted by atomic mass is 16.3. The van der Waals surface area contributed by atoms with E-state index in [0.717, 1.165) is 12.3 Å². The third-order valence-electron chi connectivity index (χ3n) is 4.83. The summed E-state index contributed by atoms with van der Waals surface area (Å²) in [7, 11) is 0. The van der Waals surface area contributed by atoms with Crippen molar-refractivity contribution in [3.05, 3.63) is 0 Å². The zero-order valence-corrected chi connectivity index (χ0v) is 8.59. The fourth-order valence-electron chi connectivity index (χ4n) is 3.49. The lowest BCUT2D eigenvalue weighted by Crippen LogP contribution is -2.42. The predicted octanol–water partition coefficient (Wildman–Crippen LogP) is 2.44. The molecule has 1 nitrogen and oxygen atoms in total. The van der Waals surface area contributed by atoms with Gasteiger partial charge < -0.3 is 5.11 Å². The fraction of sp³-hybridized carbons (Fsp3) is 1.00. The molecule has 2 saturated carbocycles. The molecule has 2 rings (SSSR count). The van der Waals surface area contributed by atoms with Crippen molar-refractivity contribution in [1.82, 2.24) is 0 Å². The monoisotopic (exact) mass is 168 g/mol. The van der Waals surface area contributed by atoms with Gasteiger partial charge in [0.25, 0.3) is 0 Å². The van der Waals surface area contributed by atoms with Crippen molar-refractivity contribution in [2.24, 2.45) is 23.2 Å². The molecule has 2 fully saturated rings. The van der Waals surface area contributed by atoms with Crippen LogP contribution in [-0.2, 0) is 0 Å². The molecule has 0 unspecified atom stereocenters. The second kappa shape index (κ2) is 2.06. The Morgan fingerprint density at radius 3 is 2.17 bits per heavy atom. The molecule has 0 amide bonds. The molecule has 0 radical (unpaired) electrons. The maximum atomic E-state index is 10.1. The van der Waals surface area contributed by atoms with E-state index in [-0.39, 0.29) is 5.60 Å². The zero-order chi connectivity index (χ0) is 9.15. The largest absolute Gasteiger partial charge is 0.390 e. The zero-order valence-electron chi connectivity index (χ0n) is 8.59. The first-order valence-electron chi connectivity index (χ1n) is 5.08. The van der Waals surface area contributed by atoms with Gasteiger partial charge in [0.15, 0.2) is 0 Å². The van der Waals surface area contributed by atoms with Gasteiger partial charge in [-0.1, -0.05) is 20.8 Å². The van der Waals surface area contributed by atoms with Crippen LogP contribution >= 0.6 is 0 Å². The number of rotatable bonds is 0. The van der Waals surface area contributed by atoms with Gasteiger partial charge in [0.2, 0.25) is 0 Å². The van der Waals surface area contributed by atoms with Crippen molar-refractivity contribution in [3.63, 3.8) is 0 Å². The van der Waals surface area contributed by atoms with Crippen molar-refractivity contribution in [1.29, 1.82) is 0 Å². The highest BCUT2D eigenvalue weighted by Crippen LogP contribution is 2.62. The Kier molecular flexibility index (Phi) is 1.47. The molecule has 0 aromatic heterocycles. The van der Waals surface area contributed by atoms with Crippen LogP contribution in [0.25, 0.3) is 0 Å². The van der Waals surface area contributed by atoms with Crippen molar-refractivity contribution in [2.45, 2.75) is 46.1 Å². The molecule has 2 bridgehead atoms. The second-order valence-electron chi connectivity index (χ2n) is 5.71. The van der Waals surface area contributed by atoms with E-state index in [2.05, 4.69) is 20.8 Å². The minimum Gasteiger partial charge on any atom is -0.390 e. The van der Waals surface area contributed by atoms with E-state index in [1.807, 2.05) is 6.92 Å². The van der Waals surface area contributed by atoms with E-state index in [1.165, 1.54) is 6.42 Å².